The number of phenolic OH excluding ortho intramolecular Hbond substituents is 1. The van der Waals surface area contributed by atoms with Crippen molar-refractivity contribution in [1.29, 1.82) is 0 Å². The van der Waals surface area contributed by atoms with Crippen LogP contribution in [0.2, 0.25) is 0 Å². The minimum atomic E-state index is 0.112. The fourth-order valence-corrected chi connectivity index (χ4v) is 2.53. The molecule has 0 radical (unpaired) electrons. The first-order valence-corrected chi connectivity index (χ1v) is 8.32. The molecule has 0 aliphatic carbocycles. The third-order valence-electron chi connectivity index (χ3n) is 4.17. The van der Waals surface area contributed by atoms with Crippen molar-refractivity contribution in [3.63, 3.8) is 0 Å². The van der Waals surface area contributed by atoms with Crippen molar-refractivity contribution in [1.82, 2.24) is 15.1 Å². The Hall–Kier alpha value is -3.09. The first kappa shape index (κ1) is 17.7. The van der Waals surface area contributed by atoms with Crippen LogP contribution in [0.3, 0.4) is 0 Å². The van der Waals surface area contributed by atoms with Gasteiger partial charge in [0.25, 0.3) is 5.89 Å². The van der Waals surface area contributed by atoms with E-state index in [0.29, 0.717) is 29.1 Å². The molecule has 0 bridgehead atoms. The zero-order valence-corrected chi connectivity index (χ0v) is 15.5. The number of hydrogen-bond acceptors (Lipinski definition) is 7. The molecule has 0 aliphatic rings. The summed E-state index contributed by atoms with van der Waals surface area (Å²) >= 11 is 0. The average molecular weight is 354 g/mol. The van der Waals surface area contributed by atoms with E-state index in [1.807, 2.05) is 26.1 Å². The van der Waals surface area contributed by atoms with Crippen LogP contribution in [0.25, 0.3) is 22.8 Å². The maximum Gasteiger partial charge on any atom is 0.258 e. The number of aromatic hydroxyl groups is 1. The van der Waals surface area contributed by atoms with Gasteiger partial charge in [-0.3, -0.25) is 0 Å². The van der Waals surface area contributed by atoms with Crippen LogP contribution in [-0.2, 0) is 0 Å². The Morgan fingerprint density at radius 2 is 1.92 bits per heavy atom. The second-order valence-electron chi connectivity index (χ2n) is 6.37. The van der Waals surface area contributed by atoms with Gasteiger partial charge in [-0.15, -0.1) is 0 Å². The SMILES string of the molecule is COc1cc(O)ccc1-c1noc(-c2cc(C)nc(N(C)C(C)C)c2)n1. The average Bonchev–Trinajstić information content (AvgIpc) is 3.10. The monoisotopic (exact) mass is 354 g/mol. The summed E-state index contributed by atoms with van der Waals surface area (Å²) in [5, 5.41) is 13.7. The third kappa shape index (κ3) is 3.46. The molecule has 0 atom stereocenters. The fourth-order valence-electron chi connectivity index (χ4n) is 2.53. The molecule has 2 heterocycles. The molecule has 0 saturated carbocycles. The Bertz CT molecular complexity index is 921. The van der Waals surface area contributed by atoms with Crippen LogP contribution in [0.5, 0.6) is 11.5 Å². The van der Waals surface area contributed by atoms with Crippen LogP contribution >= 0.6 is 0 Å². The van der Waals surface area contributed by atoms with E-state index < -0.39 is 0 Å². The summed E-state index contributed by atoms with van der Waals surface area (Å²) < 4.78 is 10.8. The molecule has 1 N–H and O–H groups in total. The van der Waals surface area contributed by atoms with Crippen LogP contribution in [0.4, 0.5) is 5.82 Å². The van der Waals surface area contributed by atoms with Gasteiger partial charge in [-0.25, -0.2) is 4.98 Å². The topological polar surface area (TPSA) is 84.5 Å². The third-order valence-corrected chi connectivity index (χ3v) is 4.17. The number of phenols is 1. The minimum absolute atomic E-state index is 0.112. The van der Waals surface area contributed by atoms with E-state index in [0.717, 1.165) is 17.1 Å². The first-order chi connectivity index (χ1) is 12.4. The number of benzene rings is 1. The summed E-state index contributed by atoms with van der Waals surface area (Å²) in [7, 11) is 3.52. The number of aryl methyl sites for hydroxylation is 1. The van der Waals surface area contributed by atoms with Gasteiger partial charge in [0, 0.05) is 30.4 Å². The molecule has 0 aliphatic heterocycles. The number of anilines is 1. The molecule has 1 aromatic carbocycles. The van der Waals surface area contributed by atoms with E-state index in [1.54, 1.807) is 12.1 Å². The van der Waals surface area contributed by atoms with Gasteiger partial charge in [0.05, 0.1) is 12.7 Å². The van der Waals surface area contributed by atoms with Gasteiger partial charge in [0.2, 0.25) is 5.82 Å². The summed E-state index contributed by atoms with van der Waals surface area (Å²) in [6.07, 6.45) is 0. The van der Waals surface area contributed by atoms with Crippen molar-refractivity contribution < 1.29 is 14.4 Å². The van der Waals surface area contributed by atoms with Crippen LogP contribution in [0, 0.1) is 6.92 Å². The number of pyridine rings is 1. The van der Waals surface area contributed by atoms with Crippen LogP contribution < -0.4 is 9.64 Å². The quantitative estimate of drug-likeness (QED) is 0.748. The zero-order chi connectivity index (χ0) is 18.8. The lowest BCUT2D eigenvalue weighted by atomic mass is 10.1. The molecule has 2 aromatic heterocycles. The van der Waals surface area contributed by atoms with Gasteiger partial charge in [0.1, 0.15) is 17.3 Å². The molecular formula is C19H22N4O3. The lowest BCUT2D eigenvalue weighted by molar-refractivity contribution is 0.407. The number of hydrogen-bond donors (Lipinski definition) is 1. The maximum absolute atomic E-state index is 9.60. The van der Waals surface area contributed by atoms with Crippen molar-refractivity contribution in [3.05, 3.63) is 36.0 Å². The smallest absolute Gasteiger partial charge is 0.258 e. The van der Waals surface area contributed by atoms with Crippen molar-refractivity contribution in [3.8, 4) is 34.3 Å². The molecule has 0 fully saturated rings. The molecule has 0 amide bonds. The molecule has 0 saturated heterocycles. The molecule has 3 rings (SSSR count). The van der Waals surface area contributed by atoms with E-state index >= 15 is 0 Å². The fraction of sp³-hybridized carbons (Fsp3) is 0.316. The maximum atomic E-state index is 9.60. The summed E-state index contributed by atoms with van der Waals surface area (Å²) in [4.78, 5) is 11.1. The zero-order valence-electron chi connectivity index (χ0n) is 15.5. The molecule has 7 nitrogen and oxygen atoms in total. The largest absolute Gasteiger partial charge is 0.508 e. The van der Waals surface area contributed by atoms with Gasteiger partial charge in [0.15, 0.2) is 0 Å². The number of methoxy groups -OCH3 is 1. The van der Waals surface area contributed by atoms with Crippen LogP contribution in [0.15, 0.2) is 34.9 Å². The van der Waals surface area contributed by atoms with E-state index in [-0.39, 0.29) is 5.75 Å². The van der Waals surface area contributed by atoms with Crippen molar-refractivity contribution in [2.75, 3.05) is 19.1 Å². The minimum Gasteiger partial charge on any atom is -0.508 e. The Morgan fingerprint density at radius 1 is 1.15 bits per heavy atom. The standard InChI is InChI=1S/C19H22N4O3/c1-11(2)23(4)17-9-13(8-12(3)20-17)19-21-18(22-26-19)15-7-6-14(24)10-16(15)25-5/h6-11,24H,1-5H3. The normalized spacial score (nSPS) is 11.0. The van der Waals surface area contributed by atoms with Crippen molar-refractivity contribution >= 4 is 5.82 Å². The second-order valence-corrected chi connectivity index (χ2v) is 6.37. The van der Waals surface area contributed by atoms with Gasteiger partial charge in [-0.05, 0) is 45.0 Å². The highest BCUT2D eigenvalue weighted by molar-refractivity contribution is 5.68. The highest BCUT2D eigenvalue weighted by Gasteiger charge is 2.17. The Labute approximate surface area is 152 Å². The summed E-state index contributed by atoms with van der Waals surface area (Å²) in [5.41, 5.74) is 2.31. The Balaban J connectivity index is 2.01. The molecule has 7 heteroatoms. The first-order valence-electron chi connectivity index (χ1n) is 8.32. The molecule has 0 unspecified atom stereocenters. The molecule has 26 heavy (non-hydrogen) atoms. The number of aromatic nitrogens is 3. The number of nitrogens with zero attached hydrogens (tertiary/aromatic N) is 4. The summed E-state index contributed by atoms with van der Waals surface area (Å²) in [6, 6.07) is 8.91. The highest BCUT2D eigenvalue weighted by atomic mass is 16.5. The lowest BCUT2D eigenvalue weighted by Crippen LogP contribution is -2.26. The van der Waals surface area contributed by atoms with Crippen molar-refractivity contribution in [2.45, 2.75) is 26.8 Å². The predicted molar refractivity (Wildman–Crippen MR) is 99.5 cm³/mol. The van der Waals surface area contributed by atoms with Gasteiger partial charge in [-0.2, -0.15) is 4.98 Å². The molecular weight excluding hydrogens is 332 g/mol. The van der Waals surface area contributed by atoms with Gasteiger partial charge in [-0.1, -0.05) is 5.16 Å². The molecule has 136 valence electrons. The summed E-state index contributed by atoms with van der Waals surface area (Å²) in [5.74, 6) is 2.23. The number of ether oxygens (including phenoxy) is 1. The van der Waals surface area contributed by atoms with Gasteiger partial charge >= 0.3 is 0 Å². The van der Waals surface area contributed by atoms with E-state index in [2.05, 4.69) is 33.9 Å². The van der Waals surface area contributed by atoms with E-state index in [9.17, 15) is 5.11 Å². The lowest BCUT2D eigenvalue weighted by Gasteiger charge is -2.23. The second kappa shape index (κ2) is 7.03. The highest BCUT2D eigenvalue weighted by Crippen LogP contribution is 2.33. The molecule has 3 aromatic rings. The van der Waals surface area contributed by atoms with E-state index in [4.69, 9.17) is 9.26 Å². The predicted octanol–water partition coefficient (Wildman–Crippen LogP) is 3.67. The number of rotatable bonds is 5. The van der Waals surface area contributed by atoms with Crippen molar-refractivity contribution in [2.24, 2.45) is 0 Å². The van der Waals surface area contributed by atoms with Gasteiger partial charge < -0.3 is 19.3 Å². The Morgan fingerprint density at radius 3 is 2.62 bits per heavy atom. The summed E-state index contributed by atoms with van der Waals surface area (Å²) in [6.45, 7) is 6.14. The Kier molecular flexibility index (Phi) is 4.79. The van der Waals surface area contributed by atoms with Crippen LogP contribution in [0.1, 0.15) is 19.5 Å². The molecule has 0 spiro atoms. The van der Waals surface area contributed by atoms with Crippen LogP contribution in [-0.4, -0.2) is 40.4 Å². The van der Waals surface area contributed by atoms with E-state index in [1.165, 1.54) is 13.2 Å².